The summed E-state index contributed by atoms with van der Waals surface area (Å²) in [6.45, 7) is 1.95. The third kappa shape index (κ3) is 2.43. The number of hydrogen-bond donors (Lipinski definition) is 1. The second-order valence-corrected chi connectivity index (χ2v) is 7.13. The number of fused-ring (bicyclic) bond motifs is 3. The first kappa shape index (κ1) is 15.0. The first-order chi connectivity index (χ1) is 12.7. The Morgan fingerprint density at radius 3 is 2.69 bits per heavy atom. The first-order valence-corrected chi connectivity index (χ1v) is 8.96. The van der Waals surface area contributed by atoms with Gasteiger partial charge in [-0.3, -0.25) is 4.79 Å². The number of pyridine rings is 1. The summed E-state index contributed by atoms with van der Waals surface area (Å²) in [4.78, 5) is 21.8. The maximum absolute atomic E-state index is 12.9. The summed E-state index contributed by atoms with van der Waals surface area (Å²) in [5.74, 6) is 0. The molecule has 0 aliphatic carbocycles. The van der Waals surface area contributed by atoms with Crippen molar-refractivity contribution in [2.24, 2.45) is 0 Å². The van der Waals surface area contributed by atoms with E-state index in [0.717, 1.165) is 21.1 Å². The van der Waals surface area contributed by atoms with E-state index in [1.807, 2.05) is 55.5 Å². The molecular formula is C20H13N3O2S. The zero-order valence-electron chi connectivity index (χ0n) is 13.8. The van der Waals surface area contributed by atoms with Gasteiger partial charge in [0.2, 0.25) is 11.1 Å². The number of para-hydroxylation sites is 1. The Bertz CT molecular complexity index is 1340. The molecule has 3 heterocycles. The third-order valence-electron chi connectivity index (χ3n) is 4.20. The lowest BCUT2D eigenvalue weighted by Gasteiger charge is -2.01. The molecule has 0 aliphatic heterocycles. The predicted molar refractivity (Wildman–Crippen MR) is 105 cm³/mol. The SMILES string of the molecule is Cc1ccc2oc3nc4nc(Nc5ccccc5)sc4cc3c(=O)c2c1. The normalized spacial score (nSPS) is 11.4. The van der Waals surface area contributed by atoms with Crippen LogP contribution in [-0.4, -0.2) is 9.97 Å². The minimum atomic E-state index is -0.0645. The number of aromatic nitrogens is 2. The maximum atomic E-state index is 12.9. The van der Waals surface area contributed by atoms with Crippen molar-refractivity contribution in [1.82, 2.24) is 9.97 Å². The van der Waals surface area contributed by atoms with Crippen LogP contribution >= 0.6 is 11.3 Å². The Morgan fingerprint density at radius 1 is 1.00 bits per heavy atom. The topological polar surface area (TPSA) is 68.0 Å². The first-order valence-electron chi connectivity index (χ1n) is 8.14. The maximum Gasteiger partial charge on any atom is 0.232 e. The highest BCUT2D eigenvalue weighted by atomic mass is 32.1. The highest BCUT2D eigenvalue weighted by Gasteiger charge is 2.13. The standard InChI is InChI=1S/C20H13N3O2S/c1-11-7-8-15-13(9-11)17(24)14-10-16-18(22-19(14)25-15)23-20(26-16)21-12-5-3-2-4-6-12/h2-10H,1H3,(H,21,22,23). The van der Waals surface area contributed by atoms with Gasteiger partial charge in [0, 0.05) is 5.69 Å². The number of thiazole rings is 1. The fourth-order valence-corrected chi connectivity index (χ4v) is 3.81. The smallest absolute Gasteiger partial charge is 0.232 e. The second-order valence-electron chi connectivity index (χ2n) is 6.10. The number of rotatable bonds is 2. The fourth-order valence-electron chi connectivity index (χ4n) is 2.95. The highest BCUT2D eigenvalue weighted by Crippen LogP contribution is 2.30. The number of benzene rings is 2. The lowest BCUT2D eigenvalue weighted by atomic mass is 10.1. The molecule has 0 radical (unpaired) electrons. The summed E-state index contributed by atoms with van der Waals surface area (Å²) in [5.41, 5.74) is 3.32. The van der Waals surface area contributed by atoms with Crippen molar-refractivity contribution in [2.45, 2.75) is 6.92 Å². The number of hydrogen-bond acceptors (Lipinski definition) is 6. The third-order valence-corrected chi connectivity index (χ3v) is 5.11. The Morgan fingerprint density at radius 2 is 1.85 bits per heavy atom. The van der Waals surface area contributed by atoms with Gasteiger partial charge in [0.25, 0.3) is 0 Å². The monoisotopic (exact) mass is 359 g/mol. The Labute approximate surface area is 151 Å². The molecule has 126 valence electrons. The molecule has 0 saturated carbocycles. The lowest BCUT2D eigenvalue weighted by Crippen LogP contribution is -2.03. The van der Waals surface area contributed by atoms with Gasteiger partial charge in [0.05, 0.1) is 15.5 Å². The molecule has 5 aromatic rings. The predicted octanol–water partition coefficient (Wildman–Crippen LogP) is 5.00. The van der Waals surface area contributed by atoms with Gasteiger partial charge < -0.3 is 9.73 Å². The highest BCUT2D eigenvalue weighted by molar-refractivity contribution is 7.22. The quantitative estimate of drug-likeness (QED) is 0.449. The number of anilines is 2. The number of nitrogens with one attached hydrogen (secondary N) is 1. The minimum Gasteiger partial charge on any atom is -0.437 e. The van der Waals surface area contributed by atoms with Crippen LogP contribution in [0.3, 0.4) is 0 Å². The van der Waals surface area contributed by atoms with Gasteiger partial charge in [-0.05, 0) is 37.3 Å². The molecule has 26 heavy (non-hydrogen) atoms. The van der Waals surface area contributed by atoms with Crippen LogP contribution < -0.4 is 10.7 Å². The van der Waals surface area contributed by atoms with Crippen LogP contribution in [0.25, 0.3) is 32.4 Å². The molecule has 3 aromatic heterocycles. The molecule has 2 aromatic carbocycles. The Hall–Kier alpha value is -3.25. The zero-order chi connectivity index (χ0) is 17.7. The van der Waals surface area contributed by atoms with Crippen molar-refractivity contribution < 1.29 is 4.42 Å². The van der Waals surface area contributed by atoms with Gasteiger partial charge in [-0.1, -0.05) is 41.2 Å². The van der Waals surface area contributed by atoms with Gasteiger partial charge in [0.15, 0.2) is 10.8 Å². The Balaban J connectivity index is 1.71. The van der Waals surface area contributed by atoms with Crippen LogP contribution in [0.4, 0.5) is 10.8 Å². The van der Waals surface area contributed by atoms with E-state index in [9.17, 15) is 4.79 Å². The summed E-state index contributed by atoms with van der Waals surface area (Å²) in [5, 5.41) is 5.04. The molecule has 6 heteroatoms. The number of aryl methyl sites for hydroxylation is 1. The molecule has 0 atom stereocenters. The molecule has 0 aliphatic rings. The van der Waals surface area contributed by atoms with Gasteiger partial charge in [-0.2, -0.15) is 9.97 Å². The summed E-state index contributed by atoms with van der Waals surface area (Å²) < 4.78 is 6.69. The fraction of sp³-hybridized carbons (Fsp3) is 0.0500. The second kappa shape index (κ2) is 5.64. The minimum absolute atomic E-state index is 0.0645. The van der Waals surface area contributed by atoms with E-state index in [1.165, 1.54) is 11.3 Å². The van der Waals surface area contributed by atoms with Crippen LogP contribution in [0, 0.1) is 6.92 Å². The van der Waals surface area contributed by atoms with E-state index in [-0.39, 0.29) is 5.43 Å². The van der Waals surface area contributed by atoms with E-state index in [1.54, 1.807) is 6.07 Å². The summed E-state index contributed by atoms with van der Waals surface area (Å²) in [6.07, 6.45) is 0. The summed E-state index contributed by atoms with van der Waals surface area (Å²) >= 11 is 1.46. The van der Waals surface area contributed by atoms with Gasteiger partial charge in [-0.15, -0.1) is 0 Å². The van der Waals surface area contributed by atoms with Crippen LogP contribution in [0.5, 0.6) is 0 Å². The summed E-state index contributed by atoms with van der Waals surface area (Å²) in [6, 6.07) is 17.2. The largest absolute Gasteiger partial charge is 0.437 e. The van der Waals surface area contributed by atoms with Gasteiger partial charge in [-0.25, -0.2) is 0 Å². The average molecular weight is 359 g/mol. The van der Waals surface area contributed by atoms with Crippen molar-refractivity contribution >= 4 is 54.6 Å². The van der Waals surface area contributed by atoms with Crippen molar-refractivity contribution in [3.8, 4) is 0 Å². The van der Waals surface area contributed by atoms with E-state index < -0.39 is 0 Å². The molecule has 0 amide bonds. The molecule has 0 unspecified atom stereocenters. The van der Waals surface area contributed by atoms with E-state index in [2.05, 4.69) is 15.3 Å². The van der Waals surface area contributed by atoms with Crippen molar-refractivity contribution in [1.29, 1.82) is 0 Å². The molecule has 0 fully saturated rings. The van der Waals surface area contributed by atoms with Gasteiger partial charge >= 0.3 is 0 Å². The molecule has 0 saturated heterocycles. The molecular weight excluding hydrogens is 346 g/mol. The van der Waals surface area contributed by atoms with Crippen molar-refractivity contribution in [2.75, 3.05) is 5.32 Å². The van der Waals surface area contributed by atoms with E-state index >= 15 is 0 Å². The molecule has 1 N–H and O–H groups in total. The Kier molecular flexibility index (Phi) is 3.26. The molecule has 0 bridgehead atoms. The van der Waals surface area contributed by atoms with E-state index in [4.69, 9.17) is 4.42 Å². The molecule has 0 spiro atoms. The van der Waals surface area contributed by atoms with Crippen LogP contribution in [0.2, 0.25) is 0 Å². The zero-order valence-corrected chi connectivity index (χ0v) is 14.6. The molecule has 5 nitrogen and oxygen atoms in total. The van der Waals surface area contributed by atoms with E-state index in [0.29, 0.717) is 27.7 Å². The van der Waals surface area contributed by atoms with Crippen molar-refractivity contribution in [3.05, 3.63) is 70.4 Å². The van der Waals surface area contributed by atoms with Crippen LogP contribution in [-0.2, 0) is 0 Å². The van der Waals surface area contributed by atoms with Gasteiger partial charge in [0.1, 0.15) is 5.58 Å². The number of nitrogens with zero attached hydrogens (tertiary/aromatic N) is 2. The molecule has 5 rings (SSSR count). The lowest BCUT2D eigenvalue weighted by molar-refractivity contribution is 0.646. The average Bonchev–Trinajstić information content (AvgIpc) is 3.03. The van der Waals surface area contributed by atoms with Crippen LogP contribution in [0.15, 0.2) is 63.8 Å². The van der Waals surface area contributed by atoms with Crippen molar-refractivity contribution in [3.63, 3.8) is 0 Å². The summed E-state index contributed by atoms with van der Waals surface area (Å²) in [7, 11) is 0. The van der Waals surface area contributed by atoms with Crippen LogP contribution in [0.1, 0.15) is 5.56 Å².